The largest absolute Gasteiger partial charge is 0.394 e. The van der Waals surface area contributed by atoms with Crippen molar-refractivity contribution in [2.24, 2.45) is 11.5 Å². The smallest absolute Gasteiger partial charge is 0.217 e. The Kier molecular flexibility index (Phi) is 11.3. The number of nitrogens with two attached hydrogens (primary N) is 2. The van der Waals surface area contributed by atoms with Gasteiger partial charge in [0.15, 0.2) is 0 Å². The molecule has 0 aliphatic heterocycles. The predicted molar refractivity (Wildman–Crippen MR) is 80.6 cm³/mol. The van der Waals surface area contributed by atoms with Gasteiger partial charge in [-0.2, -0.15) is 0 Å². The molecule has 22 heavy (non-hydrogen) atoms. The number of hydrogen-bond donors (Lipinski definition) is 7. The molecule has 0 aliphatic carbocycles. The van der Waals surface area contributed by atoms with Crippen LogP contribution in [0.2, 0.25) is 0 Å². The summed E-state index contributed by atoms with van der Waals surface area (Å²) >= 11 is 0. The van der Waals surface area contributed by atoms with Crippen LogP contribution in [0.5, 0.6) is 0 Å². The number of aliphatic hydroxyl groups excluding tert-OH is 5. The number of carbonyl (C=O) groups is 1. The molecule has 0 aromatic rings. The maximum atomic E-state index is 10.5. The molecule has 1 unspecified atom stereocenters. The lowest BCUT2D eigenvalue weighted by Crippen LogP contribution is -2.47. The average molecular weight is 322 g/mol. The molecule has 5 atom stereocenters. The second-order valence-corrected chi connectivity index (χ2v) is 5.71. The van der Waals surface area contributed by atoms with Crippen LogP contribution in [0.1, 0.15) is 44.9 Å². The molecule has 132 valence electrons. The zero-order valence-electron chi connectivity index (χ0n) is 12.8. The first-order valence-corrected chi connectivity index (χ1v) is 7.66. The number of aliphatic hydroxyl groups is 5. The quantitative estimate of drug-likeness (QED) is 0.192. The summed E-state index contributed by atoms with van der Waals surface area (Å²) in [6.07, 6.45) is -1.54. The van der Waals surface area contributed by atoms with Gasteiger partial charge in [-0.05, 0) is 19.3 Å². The topological polar surface area (TPSA) is 170 Å². The molecule has 0 aromatic heterocycles. The van der Waals surface area contributed by atoms with Gasteiger partial charge < -0.3 is 37.0 Å². The maximum Gasteiger partial charge on any atom is 0.217 e. The van der Waals surface area contributed by atoms with Crippen molar-refractivity contribution in [1.82, 2.24) is 0 Å². The lowest BCUT2D eigenvalue weighted by molar-refractivity contribution is -0.118. The summed E-state index contributed by atoms with van der Waals surface area (Å²) in [5.74, 6) is -0.308. The van der Waals surface area contributed by atoms with Gasteiger partial charge in [0.1, 0.15) is 18.3 Å². The number of primary amides is 1. The molecule has 8 heteroatoms. The zero-order chi connectivity index (χ0) is 17.1. The van der Waals surface area contributed by atoms with Gasteiger partial charge in [0.25, 0.3) is 0 Å². The van der Waals surface area contributed by atoms with Crippen molar-refractivity contribution in [3.8, 4) is 0 Å². The van der Waals surface area contributed by atoms with E-state index in [-0.39, 0.29) is 18.4 Å². The van der Waals surface area contributed by atoms with Gasteiger partial charge in [-0.25, -0.2) is 0 Å². The number of rotatable bonds is 13. The minimum absolute atomic E-state index is 0.0810. The Hall–Kier alpha value is -0.770. The van der Waals surface area contributed by atoms with E-state index in [0.29, 0.717) is 12.8 Å². The highest BCUT2D eigenvalue weighted by Crippen LogP contribution is 2.13. The Morgan fingerprint density at radius 2 is 1.45 bits per heavy atom. The molecule has 0 spiro atoms. The molecule has 0 radical (unpaired) electrons. The average Bonchev–Trinajstić information content (AvgIpc) is 2.47. The van der Waals surface area contributed by atoms with E-state index in [9.17, 15) is 25.2 Å². The van der Waals surface area contributed by atoms with E-state index in [0.717, 1.165) is 25.7 Å². The summed E-state index contributed by atoms with van der Waals surface area (Å²) in [7, 11) is 0. The minimum Gasteiger partial charge on any atom is -0.394 e. The van der Waals surface area contributed by atoms with Gasteiger partial charge in [-0.15, -0.1) is 0 Å². The van der Waals surface area contributed by atoms with Crippen LogP contribution in [0, 0.1) is 0 Å². The zero-order valence-corrected chi connectivity index (χ0v) is 12.8. The number of carbonyl (C=O) groups excluding carboxylic acids is 1. The highest BCUT2D eigenvalue weighted by atomic mass is 16.4. The van der Waals surface area contributed by atoms with Crippen LogP contribution in [0.15, 0.2) is 0 Å². The Labute approximate surface area is 130 Å². The van der Waals surface area contributed by atoms with E-state index in [2.05, 4.69) is 0 Å². The summed E-state index contributed by atoms with van der Waals surface area (Å²) < 4.78 is 0. The summed E-state index contributed by atoms with van der Waals surface area (Å²) in [6.45, 7) is -0.706. The van der Waals surface area contributed by atoms with Crippen LogP contribution >= 0.6 is 0 Å². The molecule has 0 saturated carbocycles. The van der Waals surface area contributed by atoms with E-state index < -0.39 is 31.0 Å². The van der Waals surface area contributed by atoms with Crippen molar-refractivity contribution in [2.45, 2.75) is 75.4 Å². The van der Waals surface area contributed by atoms with Crippen molar-refractivity contribution >= 4 is 5.91 Å². The van der Waals surface area contributed by atoms with Gasteiger partial charge in [0.2, 0.25) is 5.91 Å². The summed E-state index contributed by atoms with van der Waals surface area (Å²) in [5, 5.41) is 46.8. The lowest BCUT2D eigenvalue weighted by Gasteiger charge is -2.27. The summed E-state index contributed by atoms with van der Waals surface area (Å²) in [6, 6.07) is -0.348. The van der Waals surface area contributed by atoms with E-state index >= 15 is 0 Å². The number of unbranched alkanes of at least 4 members (excludes halogenated alkanes) is 3. The van der Waals surface area contributed by atoms with Crippen LogP contribution in [-0.4, -0.2) is 68.5 Å². The van der Waals surface area contributed by atoms with Gasteiger partial charge in [-0.1, -0.05) is 19.3 Å². The standard InChI is InChI=1S/C14H30N2O6/c15-9(5-3-1-2-4-6-12(16)20)7-10(18)13(21)14(22)11(19)8-17/h9-11,13-14,17-19,21-22H,1-8,15H2,(H2,16,20)/t9?,10-,11+,13+,14+/m0/s1. The first-order chi connectivity index (χ1) is 10.3. The van der Waals surface area contributed by atoms with E-state index in [4.69, 9.17) is 16.6 Å². The third kappa shape index (κ3) is 9.29. The molecule has 0 aromatic carbocycles. The third-order valence-corrected chi connectivity index (χ3v) is 3.62. The predicted octanol–water partition coefficient (Wildman–Crippen LogP) is -2.03. The molecule has 0 fully saturated rings. The van der Waals surface area contributed by atoms with Crippen molar-refractivity contribution < 1.29 is 30.3 Å². The van der Waals surface area contributed by atoms with Crippen molar-refractivity contribution in [3.63, 3.8) is 0 Å². The molecule has 0 saturated heterocycles. The molecule has 8 nitrogen and oxygen atoms in total. The molecule has 1 amide bonds. The number of amides is 1. The molecule has 9 N–H and O–H groups in total. The Bertz CT molecular complexity index is 305. The Morgan fingerprint density at radius 1 is 0.909 bits per heavy atom. The summed E-state index contributed by atoms with van der Waals surface area (Å²) in [4.78, 5) is 10.5. The molecular formula is C14H30N2O6. The third-order valence-electron chi connectivity index (χ3n) is 3.62. The van der Waals surface area contributed by atoms with Crippen LogP contribution < -0.4 is 11.5 Å². The highest BCUT2D eigenvalue weighted by Gasteiger charge is 2.30. The van der Waals surface area contributed by atoms with Crippen molar-refractivity contribution in [3.05, 3.63) is 0 Å². The van der Waals surface area contributed by atoms with Gasteiger partial charge in [-0.3, -0.25) is 4.79 Å². The molecule has 0 heterocycles. The minimum atomic E-state index is -1.62. The number of hydrogen-bond acceptors (Lipinski definition) is 7. The fraction of sp³-hybridized carbons (Fsp3) is 0.929. The SMILES string of the molecule is NC(=O)CCCCCCC(N)C[C@H](O)[C@@H](O)[C@H](O)[C@H](O)CO. The van der Waals surface area contributed by atoms with Crippen molar-refractivity contribution in [1.29, 1.82) is 0 Å². The first-order valence-electron chi connectivity index (χ1n) is 7.66. The fourth-order valence-corrected chi connectivity index (χ4v) is 2.19. The van der Waals surface area contributed by atoms with Gasteiger partial charge in [0.05, 0.1) is 12.7 Å². The Morgan fingerprint density at radius 3 is 2.00 bits per heavy atom. The molecule has 0 rings (SSSR count). The first kappa shape index (κ1) is 21.2. The monoisotopic (exact) mass is 322 g/mol. The van der Waals surface area contributed by atoms with Crippen LogP contribution in [-0.2, 0) is 4.79 Å². The normalized spacial score (nSPS) is 18.5. The van der Waals surface area contributed by atoms with Gasteiger partial charge in [0, 0.05) is 12.5 Å². The van der Waals surface area contributed by atoms with Gasteiger partial charge >= 0.3 is 0 Å². The van der Waals surface area contributed by atoms with Crippen LogP contribution in [0.4, 0.5) is 0 Å². The molecular weight excluding hydrogens is 292 g/mol. The van der Waals surface area contributed by atoms with E-state index in [1.165, 1.54) is 0 Å². The van der Waals surface area contributed by atoms with E-state index in [1.807, 2.05) is 0 Å². The van der Waals surface area contributed by atoms with Crippen LogP contribution in [0.3, 0.4) is 0 Å². The second kappa shape index (κ2) is 11.8. The fourth-order valence-electron chi connectivity index (χ4n) is 2.19. The summed E-state index contributed by atoms with van der Waals surface area (Å²) in [5.41, 5.74) is 10.9. The Balaban J connectivity index is 3.85. The highest BCUT2D eigenvalue weighted by molar-refractivity contribution is 5.73. The van der Waals surface area contributed by atoms with E-state index in [1.54, 1.807) is 0 Å². The molecule has 0 aliphatic rings. The van der Waals surface area contributed by atoms with Crippen molar-refractivity contribution in [2.75, 3.05) is 6.61 Å². The van der Waals surface area contributed by atoms with Crippen LogP contribution in [0.25, 0.3) is 0 Å². The molecule has 0 bridgehead atoms. The second-order valence-electron chi connectivity index (χ2n) is 5.71. The maximum absolute atomic E-state index is 10.5. The lowest BCUT2D eigenvalue weighted by atomic mass is 9.95.